The Morgan fingerprint density at radius 2 is 1.82 bits per heavy atom. The number of hydrogen-bond donors (Lipinski definition) is 3. The number of dihydropyridines is 1. The maximum atomic E-state index is 13.0. The molecule has 206 valence electrons. The molecule has 0 radical (unpaired) electrons. The number of esters is 2. The first-order chi connectivity index (χ1) is 19.7. The Balaban J connectivity index is 0.000000518. The molecular formula is C26H31ClN2O8S. The molecule has 0 fully saturated rings. The van der Waals surface area contributed by atoms with Crippen LogP contribution in [0.25, 0.3) is 0 Å². The van der Waals surface area contributed by atoms with E-state index in [9.17, 15) is 18.0 Å². The quantitative estimate of drug-likeness (QED) is 0.232. The lowest BCUT2D eigenvalue weighted by Crippen LogP contribution is -2.35. The second kappa shape index (κ2) is 14.6. The second-order valence-corrected chi connectivity index (χ2v) is 9.36. The number of halogens is 1. The number of carbonyl (C=O) groups excluding carboxylic acids is 2. The van der Waals surface area contributed by atoms with E-state index in [0.29, 0.717) is 5.70 Å². The van der Waals surface area contributed by atoms with Crippen LogP contribution in [0.2, 0.25) is 5.02 Å². The van der Waals surface area contributed by atoms with Gasteiger partial charge in [-0.3, -0.25) is 4.55 Å². The number of methoxy groups -OCH3 is 1. The van der Waals surface area contributed by atoms with Crippen LogP contribution in [-0.2, 0) is 33.9 Å². The Kier molecular flexibility index (Phi) is 9.67. The zero-order valence-electron chi connectivity index (χ0n) is 25.0. The monoisotopic (exact) mass is 570 g/mol. The van der Waals surface area contributed by atoms with Gasteiger partial charge in [0.25, 0.3) is 10.1 Å². The average molecular weight is 571 g/mol. The first kappa shape index (κ1) is 25.1. The molecule has 0 amide bonds. The van der Waals surface area contributed by atoms with E-state index in [1.165, 1.54) is 12.1 Å². The molecule has 0 spiro atoms. The highest BCUT2D eigenvalue weighted by molar-refractivity contribution is 7.85. The summed E-state index contributed by atoms with van der Waals surface area (Å²) in [7, 11) is -2.84. The van der Waals surface area contributed by atoms with Gasteiger partial charge >= 0.3 is 11.9 Å². The number of ether oxygens (including phenoxy) is 3. The molecule has 1 unspecified atom stereocenters. The minimum Gasteiger partial charge on any atom is -0.466 e. The van der Waals surface area contributed by atoms with Crippen molar-refractivity contribution in [1.82, 2.24) is 5.32 Å². The number of carbonyl (C=O) groups is 2. The molecule has 1 heterocycles. The van der Waals surface area contributed by atoms with Gasteiger partial charge in [0.15, 0.2) is 0 Å². The van der Waals surface area contributed by atoms with Gasteiger partial charge in [0.1, 0.15) is 0 Å². The van der Waals surface area contributed by atoms with Crippen molar-refractivity contribution in [3.8, 4) is 0 Å². The molecule has 3 rings (SSSR count). The summed E-state index contributed by atoms with van der Waals surface area (Å²) in [5.74, 6) is -2.88. The molecule has 4 N–H and O–H groups in total. The average Bonchev–Trinajstić information content (AvgIpc) is 2.95. The predicted octanol–water partition coefficient (Wildman–Crippen LogP) is 3.20. The Morgan fingerprint density at radius 1 is 1.16 bits per heavy atom. The van der Waals surface area contributed by atoms with E-state index >= 15 is 0 Å². The molecule has 0 bridgehead atoms. The van der Waals surface area contributed by atoms with Gasteiger partial charge in [0.05, 0.1) is 60.1 Å². The fraction of sp³-hybridized carbons (Fsp3) is 0.308. The third-order valence-electron chi connectivity index (χ3n) is 5.05. The maximum Gasteiger partial charge on any atom is 0.336 e. The third kappa shape index (κ3) is 8.14. The summed E-state index contributed by atoms with van der Waals surface area (Å²) in [6.07, 6.45) is 0. The fourth-order valence-corrected chi connectivity index (χ4v) is 4.19. The van der Waals surface area contributed by atoms with Crippen LogP contribution in [0.3, 0.4) is 0 Å². The van der Waals surface area contributed by atoms with Crippen molar-refractivity contribution in [2.45, 2.75) is 24.7 Å². The number of hydrogen-bond acceptors (Lipinski definition) is 9. The number of nitrogens with two attached hydrogens (primary N) is 1. The molecule has 2 aromatic carbocycles. The zero-order chi connectivity index (χ0) is 31.8. The van der Waals surface area contributed by atoms with Crippen molar-refractivity contribution in [3.63, 3.8) is 0 Å². The Bertz CT molecular complexity index is 1470. The van der Waals surface area contributed by atoms with Gasteiger partial charge in [0, 0.05) is 17.3 Å². The minimum atomic E-state index is -4.00. The highest BCUT2D eigenvalue weighted by Gasteiger charge is 2.39. The van der Waals surface area contributed by atoms with E-state index in [1.807, 2.05) is 0 Å². The van der Waals surface area contributed by atoms with Crippen LogP contribution < -0.4 is 11.1 Å². The van der Waals surface area contributed by atoms with Crippen molar-refractivity contribution in [3.05, 3.63) is 87.6 Å². The Labute approximate surface area is 232 Å². The van der Waals surface area contributed by atoms with Gasteiger partial charge in [-0.25, -0.2) is 9.59 Å². The normalized spacial score (nSPS) is 16.7. The van der Waals surface area contributed by atoms with Gasteiger partial charge < -0.3 is 25.3 Å². The van der Waals surface area contributed by atoms with Crippen LogP contribution >= 0.6 is 11.6 Å². The topological polar surface area (TPSA) is 154 Å². The van der Waals surface area contributed by atoms with Gasteiger partial charge in [-0.05, 0) is 37.6 Å². The molecule has 1 aliphatic heterocycles. The molecule has 0 saturated heterocycles. The van der Waals surface area contributed by atoms with E-state index < -0.39 is 52.1 Å². The molecule has 12 heteroatoms. The molecule has 1 aliphatic rings. The lowest BCUT2D eigenvalue weighted by Gasteiger charge is -2.31. The largest absolute Gasteiger partial charge is 0.466 e. The molecule has 2 aromatic rings. The van der Waals surface area contributed by atoms with Crippen LogP contribution in [0, 0.1) is 0 Å². The molecule has 1 atom stereocenters. The molecule has 0 aromatic heterocycles. The highest BCUT2D eigenvalue weighted by Crippen LogP contribution is 2.41. The van der Waals surface area contributed by atoms with Crippen LogP contribution in [-0.4, -0.2) is 58.4 Å². The van der Waals surface area contributed by atoms with Gasteiger partial charge in [0.2, 0.25) is 0 Å². The van der Waals surface area contributed by atoms with Gasteiger partial charge in [-0.1, -0.05) is 47.9 Å². The summed E-state index contributed by atoms with van der Waals surface area (Å²) in [6.45, 7) is 3.57. The Morgan fingerprint density at radius 3 is 2.37 bits per heavy atom. The molecule has 38 heavy (non-hydrogen) atoms. The number of nitrogens with one attached hydrogen (secondary N) is 1. The molecule has 0 saturated carbocycles. The van der Waals surface area contributed by atoms with Crippen molar-refractivity contribution >= 4 is 33.7 Å². The smallest absolute Gasteiger partial charge is 0.336 e. The summed E-state index contributed by atoms with van der Waals surface area (Å²) in [5.41, 5.74) is 5.80. The summed E-state index contributed by atoms with van der Waals surface area (Å²) in [4.78, 5) is 25.7. The van der Waals surface area contributed by atoms with E-state index in [4.69, 9.17) is 41.6 Å². The van der Waals surface area contributed by atoms with E-state index in [2.05, 4.69) is 5.32 Å². The SMILES string of the molecule is O=S(=O)(O)c1ccccc1.[2H]c1c([2H])c([2H])c(C2C(C(=O)OC)=C(C)NC(COCCN)=C2C(=O)OCC)c(Cl)c1[2H]. The third-order valence-corrected chi connectivity index (χ3v) is 6.22. The van der Waals surface area contributed by atoms with Gasteiger partial charge in [-0.15, -0.1) is 0 Å². The van der Waals surface area contributed by atoms with E-state index in [1.54, 1.807) is 32.0 Å². The fourth-order valence-electron chi connectivity index (χ4n) is 3.49. The molecule has 0 aliphatic carbocycles. The number of allylic oxidation sites excluding steroid dienone is 1. The summed E-state index contributed by atoms with van der Waals surface area (Å²) >= 11 is 6.36. The first-order valence-electron chi connectivity index (χ1n) is 13.2. The van der Waals surface area contributed by atoms with Crippen LogP contribution in [0.4, 0.5) is 0 Å². The summed E-state index contributed by atoms with van der Waals surface area (Å²) in [5, 5.41) is 2.65. The van der Waals surface area contributed by atoms with Crippen molar-refractivity contribution in [2.24, 2.45) is 5.73 Å². The van der Waals surface area contributed by atoms with Gasteiger partial charge in [-0.2, -0.15) is 8.42 Å². The lowest BCUT2D eigenvalue weighted by atomic mass is 9.80. The second-order valence-electron chi connectivity index (χ2n) is 7.56. The highest BCUT2D eigenvalue weighted by atomic mass is 35.5. The minimum absolute atomic E-state index is 0.0305. The summed E-state index contributed by atoms with van der Waals surface area (Å²) < 4.78 is 77.3. The van der Waals surface area contributed by atoms with E-state index in [-0.39, 0.29) is 58.7 Å². The van der Waals surface area contributed by atoms with Crippen molar-refractivity contribution in [1.29, 1.82) is 0 Å². The molecular weight excluding hydrogens is 536 g/mol. The lowest BCUT2D eigenvalue weighted by molar-refractivity contribution is -0.139. The number of benzene rings is 2. The first-order valence-corrected chi connectivity index (χ1v) is 13.1. The van der Waals surface area contributed by atoms with E-state index in [0.717, 1.165) is 7.11 Å². The summed E-state index contributed by atoms with van der Waals surface area (Å²) in [6, 6.07) is 5.35. The standard InChI is InChI=1S/C20H25ClN2O5.C6H6O3S/c1-4-28-20(25)18-15(11-27-10-9-22)23-12(2)16(19(24)26-3)17(18)13-7-5-6-8-14(13)21;7-10(8,9)6-4-2-1-3-5-6/h5-8,17,23H,4,9-11,22H2,1-3H3;1-5H,(H,7,8,9)/i5D,6D,7D,8D;. The van der Waals surface area contributed by atoms with Crippen LogP contribution in [0.1, 0.15) is 30.8 Å². The van der Waals surface area contributed by atoms with Crippen LogP contribution in [0.5, 0.6) is 0 Å². The predicted molar refractivity (Wildman–Crippen MR) is 142 cm³/mol. The maximum absolute atomic E-state index is 13.0. The van der Waals surface area contributed by atoms with Crippen LogP contribution in [0.15, 0.2) is 81.9 Å². The van der Waals surface area contributed by atoms with Crippen molar-refractivity contribution in [2.75, 3.05) is 33.5 Å². The zero-order valence-corrected chi connectivity index (χ0v) is 22.5. The number of rotatable bonds is 9. The molecule has 10 nitrogen and oxygen atoms in total. The van der Waals surface area contributed by atoms with Crippen molar-refractivity contribution < 1.29 is 42.3 Å². The Hall–Kier alpha value is -3.22.